The largest absolute Gasteiger partial charge is 0.483 e. The molecule has 1 aromatic heterocycles. The van der Waals surface area contributed by atoms with Crippen LogP contribution >= 0.6 is 0 Å². The SMILES string of the molecule is Cc1cccc(C)c1OCC(=O)NCc1ccco1. The minimum Gasteiger partial charge on any atom is -0.483 e. The number of para-hydroxylation sites is 1. The van der Waals surface area contributed by atoms with Gasteiger partial charge in [0.15, 0.2) is 6.61 Å². The molecule has 0 atom stereocenters. The molecule has 0 saturated carbocycles. The molecule has 0 aliphatic heterocycles. The van der Waals surface area contributed by atoms with Crippen LogP contribution in [0.2, 0.25) is 0 Å². The Morgan fingerprint density at radius 2 is 1.95 bits per heavy atom. The number of aryl methyl sites for hydroxylation is 2. The van der Waals surface area contributed by atoms with Crippen molar-refractivity contribution < 1.29 is 13.9 Å². The van der Waals surface area contributed by atoms with Crippen LogP contribution in [0.25, 0.3) is 0 Å². The molecule has 0 spiro atoms. The lowest BCUT2D eigenvalue weighted by molar-refractivity contribution is -0.123. The highest BCUT2D eigenvalue weighted by Crippen LogP contribution is 2.21. The Bertz CT molecular complexity index is 526. The molecular formula is C15H17NO3. The van der Waals surface area contributed by atoms with Crippen molar-refractivity contribution >= 4 is 5.91 Å². The number of carbonyl (C=O) groups is 1. The van der Waals surface area contributed by atoms with Gasteiger partial charge >= 0.3 is 0 Å². The molecule has 0 aliphatic carbocycles. The van der Waals surface area contributed by atoms with Crippen molar-refractivity contribution in [2.24, 2.45) is 0 Å². The van der Waals surface area contributed by atoms with Gasteiger partial charge in [-0.15, -0.1) is 0 Å². The maximum absolute atomic E-state index is 11.7. The summed E-state index contributed by atoms with van der Waals surface area (Å²) in [5.41, 5.74) is 2.05. The van der Waals surface area contributed by atoms with Gasteiger partial charge in [-0.1, -0.05) is 18.2 Å². The van der Waals surface area contributed by atoms with E-state index in [4.69, 9.17) is 9.15 Å². The first-order valence-electron chi connectivity index (χ1n) is 6.15. The first-order chi connectivity index (χ1) is 9.16. The number of rotatable bonds is 5. The Hall–Kier alpha value is -2.23. The molecule has 0 radical (unpaired) electrons. The molecule has 1 heterocycles. The van der Waals surface area contributed by atoms with Crippen molar-refractivity contribution in [3.05, 3.63) is 53.5 Å². The van der Waals surface area contributed by atoms with E-state index in [2.05, 4.69) is 5.32 Å². The summed E-state index contributed by atoms with van der Waals surface area (Å²) in [5, 5.41) is 2.74. The van der Waals surface area contributed by atoms with Crippen molar-refractivity contribution in [3.63, 3.8) is 0 Å². The van der Waals surface area contributed by atoms with Gasteiger partial charge < -0.3 is 14.5 Å². The normalized spacial score (nSPS) is 10.2. The summed E-state index contributed by atoms with van der Waals surface area (Å²) in [6.07, 6.45) is 1.58. The summed E-state index contributed by atoms with van der Waals surface area (Å²) >= 11 is 0. The number of amides is 1. The van der Waals surface area contributed by atoms with E-state index in [1.54, 1.807) is 12.3 Å². The molecule has 0 unspecified atom stereocenters. The van der Waals surface area contributed by atoms with Crippen molar-refractivity contribution in [3.8, 4) is 5.75 Å². The summed E-state index contributed by atoms with van der Waals surface area (Å²) < 4.78 is 10.7. The van der Waals surface area contributed by atoms with Crippen LogP contribution in [0.3, 0.4) is 0 Å². The highest BCUT2D eigenvalue weighted by atomic mass is 16.5. The van der Waals surface area contributed by atoms with Crippen LogP contribution in [0.15, 0.2) is 41.0 Å². The minimum atomic E-state index is -0.168. The van der Waals surface area contributed by atoms with Gasteiger partial charge in [-0.2, -0.15) is 0 Å². The zero-order valence-corrected chi connectivity index (χ0v) is 11.1. The fourth-order valence-corrected chi connectivity index (χ4v) is 1.81. The van der Waals surface area contributed by atoms with Gasteiger partial charge in [0, 0.05) is 0 Å². The van der Waals surface area contributed by atoms with Crippen molar-refractivity contribution in [1.82, 2.24) is 5.32 Å². The summed E-state index contributed by atoms with van der Waals surface area (Å²) in [7, 11) is 0. The quantitative estimate of drug-likeness (QED) is 0.898. The Morgan fingerprint density at radius 3 is 2.58 bits per heavy atom. The van der Waals surface area contributed by atoms with Crippen LogP contribution < -0.4 is 10.1 Å². The van der Waals surface area contributed by atoms with E-state index in [9.17, 15) is 4.79 Å². The molecule has 0 fully saturated rings. The molecule has 19 heavy (non-hydrogen) atoms. The molecule has 100 valence electrons. The highest BCUT2D eigenvalue weighted by molar-refractivity contribution is 5.77. The lowest BCUT2D eigenvalue weighted by Gasteiger charge is -2.11. The molecule has 0 aliphatic rings. The number of nitrogens with one attached hydrogen (secondary N) is 1. The molecule has 1 aromatic carbocycles. The van der Waals surface area contributed by atoms with Crippen molar-refractivity contribution in [2.75, 3.05) is 6.61 Å². The molecule has 4 nitrogen and oxygen atoms in total. The topological polar surface area (TPSA) is 51.5 Å². The van der Waals surface area contributed by atoms with Crippen LogP contribution in [0.4, 0.5) is 0 Å². The predicted octanol–water partition coefficient (Wildman–Crippen LogP) is 2.59. The number of hydrogen-bond acceptors (Lipinski definition) is 3. The van der Waals surface area contributed by atoms with Crippen LogP contribution in [-0.2, 0) is 11.3 Å². The second-order valence-electron chi connectivity index (χ2n) is 4.37. The van der Waals surface area contributed by atoms with Crippen molar-refractivity contribution in [2.45, 2.75) is 20.4 Å². The van der Waals surface area contributed by atoms with Crippen molar-refractivity contribution in [1.29, 1.82) is 0 Å². The molecule has 1 amide bonds. The van der Waals surface area contributed by atoms with E-state index in [1.807, 2.05) is 38.1 Å². The maximum Gasteiger partial charge on any atom is 0.258 e. The van der Waals surface area contributed by atoms with E-state index in [0.29, 0.717) is 6.54 Å². The Kier molecular flexibility index (Phi) is 4.23. The van der Waals surface area contributed by atoms with E-state index in [1.165, 1.54) is 0 Å². The standard InChI is InChI=1S/C15H17NO3/c1-11-5-3-6-12(2)15(11)19-10-14(17)16-9-13-7-4-8-18-13/h3-8H,9-10H2,1-2H3,(H,16,17). The first-order valence-corrected chi connectivity index (χ1v) is 6.15. The van der Waals surface area contributed by atoms with E-state index >= 15 is 0 Å². The Morgan fingerprint density at radius 1 is 1.21 bits per heavy atom. The fraction of sp³-hybridized carbons (Fsp3) is 0.267. The van der Waals surface area contributed by atoms with Gasteiger partial charge in [0.1, 0.15) is 11.5 Å². The number of ether oxygens (including phenoxy) is 1. The van der Waals surface area contributed by atoms with Gasteiger partial charge in [0.25, 0.3) is 5.91 Å². The van der Waals surface area contributed by atoms with Crippen LogP contribution in [0.1, 0.15) is 16.9 Å². The summed E-state index contributed by atoms with van der Waals surface area (Å²) in [6, 6.07) is 9.49. The van der Waals surface area contributed by atoms with Gasteiger partial charge in [0.05, 0.1) is 12.8 Å². The monoisotopic (exact) mass is 259 g/mol. The molecule has 1 N–H and O–H groups in total. The average molecular weight is 259 g/mol. The number of carbonyl (C=O) groups excluding carboxylic acids is 1. The van der Waals surface area contributed by atoms with E-state index < -0.39 is 0 Å². The minimum absolute atomic E-state index is 0.00635. The van der Waals surface area contributed by atoms with Gasteiger partial charge in [0.2, 0.25) is 0 Å². The Labute approximate surface area is 112 Å². The molecule has 0 bridgehead atoms. The third-order valence-electron chi connectivity index (χ3n) is 2.80. The predicted molar refractivity (Wildman–Crippen MR) is 72.0 cm³/mol. The first kappa shape index (κ1) is 13.2. The maximum atomic E-state index is 11.7. The average Bonchev–Trinajstić information content (AvgIpc) is 2.89. The van der Waals surface area contributed by atoms with E-state index in [0.717, 1.165) is 22.6 Å². The zero-order valence-electron chi connectivity index (χ0n) is 11.1. The smallest absolute Gasteiger partial charge is 0.258 e. The molecule has 4 heteroatoms. The summed E-state index contributed by atoms with van der Waals surface area (Å²) in [6.45, 7) is 4.31. The second-order valence-corrected chi connectivity index (χ2v) is 4.37. The van der Waals surface area contributed by atoms with Crippen LogP contribution in [-0.4, -0.2) is 12.5 Å². The summed E-state index contributed by atoms with van der Waals surface area (Å²) in [4.78, 5) is 11.7. The van der Waals surface area contributed by atoms with Gasteiger partial charge in [-0.05, 0) is 37.1 Å². The lowest BCUT2D eigenvalue weighted by atomic mass is 10.1. The van der Waals surface area contributed by atoms with Crippen LogP contribution in [0, 0.1) is 13.8 Å². The van der Waals surface area contributed by atoms with Gasteiger partial charge in [-0.25, -0.2) is 0 Å². The third-order valence-corrected chi connectivity index (χ3v) is 2.80. The number of hydrogen-bond donors (Lipinski definition) is 1. The molecule has 2 aromatic rings. The fourth-order valence-electron chi connectivity index (χ4n) is 1.81. The van der Waals surface area contributed by atoms with E-state index in [-0.39, 0.29) is 12.5 Å². The third kappa shape index (κ3) is 3.61. The molecule has 0 saturated heterocycles. The zero-order chi connectivity index (χ0) is 13.7. The lowest BCUT2D eigenvalue weighted by Crippen LogP contribution is -2.28. The summed E-state index contributed by atoms with van der Waals surface area (Å²) in [5.74, 6) is 1.33. The van der Waals surface area contributed by atoms with Crippen LogP contribution in [0.5, 0.6) is 5.75 Å². The molecular weight excluding hydrogens is 242 g/mol. The number of furan rings is 1. The number of benzene rings is 1. The highest BCUT2D eigenvalue weighted by Gasteiger charge is 2.07. The second kappa shape index (κ2) is 6.09. The molecule has 2 rings (SSSR count). The van der Waals surface area contributed by atoms with Gasteiger partial charge in [-0.3, -0.25) is 4.79 Å². The Balaban J connectivity index is 1.83.